The largest absolute Gasteiger partial charge is 0.759 e. The molecule has 7 heteroatoms. The van der Waals surface area contributed by atoms with Gasteiger partial charge in [0.25, 0.3) is 0 Å². The van der Waals surface area contributed by atoms with Crippen molar-refractivity contribution in [1.29, 1.82) is 0 Å². The first-order valence-corrected chi connectivity index (χ1v) is 11.7. The monoisotopic (exact) mass is 408 g/mol. The fourth-order valence-corrected chi connectivity index (χ4v) is 4.06. The highest BCUT2D eigenvalue weighted by atomic mass is 32.3. The highest BCUT2D eigenvalue weighted by Gasteiger charge is 2.30. The van der Waals surface area contributed by atoms with Crippen LogP contribution in [0.15, 0.2) is 0 Å². The van der Waals surface area contributed by atoms with Crippen LogP contribution in [0.1, 0.15) is 92.9 Å². The van der Waals surface area contributed by atoms with Gasteiger partial charge in [-0.2, -0.15) is 0 Å². The van der Waals surface area contributed by atoms with Crippen LogP contribution in [0.25, 0.3) is 0 Å². The lowest BCUT2D eigenvalue weighted by Crippen LogP contribution is -2.62. The van der Waals surface area contributed by atoms with E-state index in [0.29, 0.717) is 10.8 Å². The summed E-state index contributed by atoms with van der Waals surface area (Å²) in [6.45, 7) is 14.2. The van der Waals surface area contributed by atoms with E-state index in [1.807, 2.05) is 0 Å². The number of hydrogen-bond donors (Lipinski definition) is 2. The fraction of sp³-hybridized carbons (Fsp3) is 1.00. The van der Waals surface area contributed by atoms with Crippen LogP contribution < -0.4 is 11.5 Å². The van der Waals surface area contributed by atoms with Crippen molar-refractivity contribution < 1.29 is 29.0 Å². The van der Waals surface area contributed by atoms with Gasteiger partial charge >= 0.3 is 0 Å². The van der Waals surface area contributed by atoms with Crippen molar-refractivity contribution in [2.75, 3.05) is 0 Å². The molecule has 0 aromatic carbocycles. The van der Waals surface area contributed by atoms with Crippen molar-refractivity contribution in [1.82, 2.24) is 0 Å². The van der Waals surface area contributed by atoms with Crippen molar-refractivity contribution in [3.63, 3.8) is 0 Å². The molecular weight excluding hydrogens is 364 g/mol. The van der Waals surface area contributed by atoms with E-state index in [1.165, 1.54) is 51.4 Å². The Morgan fingerprint density at radius 3 is 0.963 bits per heavy atom. The molecule has 0 amide bonds. The standard InChI is InChI=1S/2C10H21N.H2O4S/c2*1-10(2,3)8-4-6-9(11)7-5-8;1-5(2,3)4/h2*8-9H,4-7,11H2,1-3H3;(H2,1,2,3,4). The minimum Gasteiger partial charge on any atom is -0.759 e. The van der Waals surface area contributed by atoms with Crippen molar-refractivity contribution >= 4 is 10.4 Å². The van der Waals surface area contributed by atoms with E-state index in [4.69, 9.17) is 17.5 Å². The maximum atomic E-state index is 8.52. The van der Waals surface area contributed by atoms with Crippen LogP contribution in [0.2, 0.25) is 0 Å². The Hall–Kier alpha value is -0.210. The molecule has 2 rings (SSSR count). The van der Waals surface area contributed by atoms with Crippen LogP contribution in [0, 0.1) is 22.7 Å². The van der Waals surface area contributed by atoms with Gasteiger partial charge in [0.2, 0.25) is 0 Å². The minimum absolute atomic E-state index is 0.528. The third-order valence-electron chi connectivity index (χ3n) is 6.14. The zero-order chi connectivity index (χ0) is 21.5. The average Bonchev–Trinajstić information content (AvgIpc) is 2.45. The van der Waals surface area contributed by atoms with E-state index in [0.717, 1.165) is 23.9 Å². The van der Waals surface area contributed by atoms with Crippen LogP contribution in [-0.2, 0) is 10.4 Å². The number of quaternary nitrogens is 2. The molecule has 2 aliphatic carbocycles. The Balaban J connectivity index is 0.000000405. The Morgan fingerprint density at radius 1 is 0.630 bits per heavy atom. The zero-order valence-electron chi connectivity index (χ0n) is 18.4. The fourth-order valence-electron chi connectivity index (χ4n) is 4.06. The molecule has 6 N–H and O–H groups in total. The molecule has 27 heavy (non-hydrogen) atoms. The van der Waals surface area contributed by atoms with E-state index in [2.05, 4.69) is 53.0 Å². The van der Waals surface area contributed by atoms with Gasteiger partial charge in [-0.05, 0) is 74.0 Å². The molecule has 0 aliphatic heterocycles. The predicted octanol–water partition coefficient (Wildman–Crippen LogP) is 2.33. The third kappa shape index (κ3) is 14.4. The zero-order valence-corrected chi connectivity index (χ0v) is 19.2. The summed E-state index contributed by atoms with van der Waals surface area (Å²) >= 11 is 0. The maximum absolute atomic E-state index is 8.52. The molecular formula is C20H44N2O4S. The van der Waals surface area contributed by atoms with Crippen molar-refractivity contribution in [2.45, 2.75) is 105 Å². The van der Waals surface area contributed by atoms with E-state index in [1.54, 1.807) is 0 Å². The second kappa shape index (κ2) is 11.1. The van der Waals surface area contributed by atoms with E-state index in [9.17, 15) is 0 Å². The van der Waals surface area contributed by atoms with Gasteiger partial charge in [0, 0.05) is 10.4 Å². The molecule has 6 nitrogen and oxygen atoms in total. The highest BCUT2D eigenvalue weighted by Crippen LogP contribution is 2.37. The summed E-state index contributed by atoms with van der Waals surface area (Å²) in [5.41, 5.74) is 9.28. The van der Waals surface area contributed by atoms with E-state index >= 15 is 0 Å². The molecule has 0 bridgehead atoms. The first-order valence-electron chi connectivity index (χ1n) is 10.3. The lowest BCUT2D eigenvalue weighted by Gasteiger charge is -2.34. The molecule has 2 aliphatic rings. The van der Waals surface area contributed by atoms with Gasteiger partial charge in [-0.25, -0.2) is 0 Å². The van der Waals surface area contributed by atoms with Gasteiger partial charge in [-0.3, -0.25) is 8.42 Å². The molecule has 0 spiro atoms. The smallest absolute Gasteiger partial charge is 0.0843 e. The second-order valence-electron chi connectivity index (χ2n) is 10.6. The normalized spacial score (nSPS) is 29.7. The summed E-state index contributed by atoms with van der Waals surface area (Å²) in [4.78, 5) is 0. The Morgan fingerprint density at radius 2 is 0.815 bits per heavy atom. The Bertz CT molecular complexity index is 453. The third-order valence-corrected chi connectivity index (χ3v) is 6.14. The molecule has 164 valence electrons. The molecule has 0 radical (unpaired) electrons. The molecule has 0 heterocycles. The number of hydrogen-bond acceptors (Lipinski definition) is 4. The molecule has 0 aromatic rings. The average molecular weight is 409 g/mol. The van der Waals surface area contributed by atoms with Crippen LogP contribution in [0.5, 0.6) is 0 Å². The topological polar surface area (TPSA) is 136 Å². The van der Waals surface area contributed by atoms with Crippen LogP contribution in [-0.4, -0.2) is 29.6 Å². The quantitative estimate of drug-likeness (QED) is 0.469. The first kappa shape index (κ1) is 26.8. The van der Waals surface area contributed by atoms with Gasteiger partial charge in [0.15, 0.2) is 0 Å². The van der Waals surface area contributed by atoms with Crippen molar-refractivity contribution in [3.05, 3.63) is 0 Å². The lowest BCUT2D eigenvalue weighted by atomic mass is 9.71. The van der Waals surface area contributed by atoms with Gasteiger partial charge in [-0.1, -0.05) is 41.5 Å². The summed E-state index contributed by atoms with van der Waals surface area (Å²) in [5.74, 6) is 1.89. The SMILES string of the molecule is CC(C)(C)C1CCC([NH3+])CC1.CC(C)(C)C1CCC([NH3+])CC1.O=S(=O)([O-])[O-]. The summed E-state index contributed by atoms with van der Waals surface area (Å²) in [7, 11) is -5.17. The van der Waals surface area contributed by atoms with Crippen LogP contribution in [0.4, 0.5) is 0 Å². The van der Waals surface area contributed by atoms with Crippen molar-refractivity contribution in [3.8, 4) is 0 Å². The van der Waals surface area contributed by atoms with E-state index in [-0.39, 0.29) is 0 Å². The minimum atomic E-state index is -5.17. The summed E-state index contributed by atoms with van der Waals surface area (Å²) in [6, 6.07) is 1.49. The number of rotatable bonds is 0. The van der Waals surface area contributed by atoms with E-state index < -0.39 is 10.4 Å². The Labute approximate surface area is 167 Å². The van der Waals surface area contributed by atoms with Gasteiger partial charge in [0.1, 0.15) is 0 Å². The second-order valence-corrected chi connectivity index (χ2v) is 11.4. The predicted molar refractivity (Wildman–Crippen MR) is 107 cm³/mol. The molecule has 2 saturated carbocycles. The molecule has 2 fully saturated rings. The summed E-state index contributed by atoms with van der Waals surface area (Å²) in [5, 5.41) is 0. The molecule has 0 aromatic heterocycles. The molecule has 0 unspecified atom stereocenters. The molecule has 0 saturated heterocycles. The van der Waals surface area contributed by atoms with Gasteiger partial charge in [-0.15, -0.1) is 0 Å². The lowest BCUT2D eigenvalue weighted by molar-refractivity contribution is -0.427. The summed E-state index contributed by atoms with van der Waals surface area (Å²) < 4.78 is 34.1. The molecule has 0 atom stereocenters. The summed E-state index contributed by atoms with van der Waals surface area (Å²) in [6.07, 6.45) is 11.0. The van der Waals surface area contributed by atoms with Crippen molar-refractivity contribution in [2.24, 2.45) is 22.7 Å². The van der Waals surface area contributed by atoms with Gasteiger partial charge < -0.3 is 20.6 Å². The van der Waals surface area contributed by atoms with Gasteiger partial charge in [0.05, 0.1) is 12.1 Å². The maximum Gasteiger partial charge on any atom is 0.0843 e. The van der Waals surface area contributed by atoms with Crippen LogP contribution >= 0.6 is 0 Å². The Kier molecular flexibility index (Phi) is 11.0. The van der Waals surface area contributed by atoms with Crippen LogP contribution in [0.3, 0.4) is 0 Å². The first-order chi connectivity index (χ1) is 12.0. The highest BCUT2D eigenvalue weighted by molar-refractivity contribution is 7.79.